The molecular formula is C19H24N2O3S. The van der Waals surface area contributed by atoms with Gasteiger partial charge in [-0.3, -0.25) is 9.69 Å². The monoisotopic (exact) mass is 360 g/mol. The summed E-state index contributed by atoms with van der Waals surface area (Å²) in [7, 11) is 0. The molecule has 2 N–H and O–H groups in total. The second-order valence-electron chi connectivity index (χ2n) is 6.30. The molecule has 2 aromatic rings. The molecule has 1 aliphatic heterocycles. The molecule has 1 saturated heterocycles. The summed E-state index contributed by atoms with van der Waals surface area (Å²) < 4.78 is 11.4. The Labute approximate surface area is 152 Å². The summed E-state index contributed by atoms with van der Waals surface area (Å²) in [6.07, 6.45) is 2.53. The van der Waals surface area contributed by atoms with Gasteiger partial charge in [-0.05, 0) is 41.3 Å². The van der Waals surface area contributed by atoms with E-state index in [-0.39, 0.29) is 12.7 Å². The highest BCUT2D eigenvalue weighted by Crippen LogP contribution is 2.23. The number of thiophene rings is 1. The molecule has 1 aliphatic rings. The Bertz CT molecular complexity index is 669. The predicted molar refractivity (Wildman–Crippen MR) is 98.5 cm³/mol. The van der Waals surface area contributed by atoms with Crippen LogP contribution in [0.2, 0.25) is 0 Å². The van der Waals surface area contributed by atoms with Crippen LogP contribution >= 0.6 is 11.3 Å². The number of carbonyl (C=O) groups is 1. The molecule has 0 saturated carbocycles. The summed E-state index contributed by atoms with van der Waals surface area (Å²) in [6.45, 7) is 3.25. The van der Waals surface area contributed by atoms with Crippen molar-refractivity contribution >= 4 is 17.2 Å². The van der Waals surface area contributed by atoms with E-state index in [4.69, 9.17) is 15.2 Å². The van der Waals surface area contributed by atoms with E-state index in [1.807, 2.05) is 24.3 Å². The van der Waals surface area contributed by atoms with Gasteiger partial charge in [0.2, 0.25) is 0 Å². The molecule has 3 rings (SSSR count). The van der Waals surface area contributed by atoms with Crippen molar-refractivity contribution in [2.45, 2.75) is 32.0 Å². The van der Waals surface area contributed by atoms with Crippen LogP contribution in [0.15, 0.2) is 41.1 Å². The zero-order valence-corrected chi connectivity index (χ0v) is 15.0. The van der Waals surface area contributed by atoms with Gasteiger partial charge in [0, 0.05) is 31.8 Å². The molecule has 6 heteroatoms. The van der Waals surface area contributed by atoms with Gasteiger partial charge in [0.1, 0.15) is 5.75 Å². The van der Waals surface area contributed by atoms with Crippen molar-refractivity contribution in [3.63, 3.8) is 0 Å². The maximum absolute atomic E-state index is 11.0. The SMILES string of the molecule is NC(=O)COc1ccccc1CN(Cc1ccsc1)CC1CCCO1. The third-order valence-corrected chi connectivity index (χ3v) is 4.94. The zero-order chi connectivity index (χ0) is 17.5. The third kappa shape index (κ3) is 5.56. The Morgan fingerprint density at radius 3 is 2.92 bits per heavy atom. The Morgan fingerprint density at radius 2 is 2.20 bits per heavy atom. The zero-order valence-electron chi connectivity index (χ0n) is 14.2. The van der Waals surface area contributed by atoms with Gasteiger partial charge in [0.25, 0.3) is 5.91 Å². The maximum atomic E-state index is 11.0. The van der Waals surface area contributed by atoms with Gasteiger partial charge in [-0.25, -0.2) is 0 Å². The number of rotatable bonds is 9. The minimum atomic E-state index is -0.468. The van der Waals surface area contributed by atoms with E-state index >= 15 is 0 Å². The van der Waals surface area contributed by atoms with Crippen LogP contribution in [0.25, 0.3) is 0 Å². The van der Waals surface area contributed by atoms with Gasteiger partial charge < -0.3 is 15.2 Å². The van der Waals surface area contributed by atoms with Crippen LogP contribution in [0, 0.1) is 0 Å². The van der Waals surface area contributed by atoms with Gasteiger partial charge in [0.05, 0.1) is 6.10 Å². The van der Waals surface area contributed by atoms with Crippen molar-refractivity contribution in [1.29, 1.82) is 0 Å². The van der Waals surface area contributed by atoms with Gasteiger partial charge in [-0.1, -0.05) is 18.2 Å². The molecular weight excluding hydrogens is 336 g/mol. The number of nitrogens with two attached hydrogens (primary N) is 1. The Kier molecular flexibility index (Phi) is 6.44. The summed E-state index contributed by atoms with van der Waals surface area (Å²) in [5.41, 5.74) is 7.56. The number of benzene rings is 1. The number of hydrogen-bond donors (Lipinski definition) is 1. The van der Waals surface area contributed by atoms with Crippen LogP contribution in [0.1, 0.15) is 24.0 Å². The Morgan fingerprint density at radius 1 is 1.32 bits per heavy atom. The Balaban J connectivity index is 1.71. The van der Waals surface area contributed by atoms with Crippen LogP contribution < -0.4 is 10.5 Å². The number of hydrogen-bond acceptors (Lipinski definition) is 5. The lowest BCUT2D eigenvalue weighted by Gasteiger charge is -2.26. The summed E-state index contributed by atoms with van der Waals surface area (Å²) >= 11 is 1.71. The molecule has 1 unspecified atom stereocenters. The van der Waals surface area contributed by atoms with E-state index in [2.05, 4.69) is 21.7 Å². The van der Waals surface area contributed by atoms with Crippen molar-refractivity contribution in [1.82, 2.24) is 4.90 Å². The second-order valence-corrected chi connectivity index (χ2v) is 7.08. The summed E-state index contributed by atoms with van der Waals surface area (Å²) in [6, 6.07) is 9.96. The van der Waals surface area contributed by atoms with E-state index < -0.39 is 5.91 Å². The molecule has 1 atom stereocenters. The molecule has 25 heavy (non-hydrogen) atoms. The Hall–Kier alpha value is -1.89. The highest BCUT2D eigenvalue weighted by molar-refractivity contribution is 7.07. The smallest absolute Gasteiger partial charge is 0.255 e. The van der Waals surface area contributed by atoms with E-state index in [1.54, 1.807) is 11.3 Å². The highest BCUT2D eigenvalue weighted by Gasteiger charge is 2.20. The van der Waals surface area contributed by atoms with E-state index in [0.717, 1.165) is 44.6 Å². The number of para-hydroxylation sites is 1. The first-order valence-electron chi connectivity index (χ1n) is 8.55. The first-order valence-corrected chi connectivity index (χ1v) is 9.49. The van der Waals surface area contributed by atoms with Crippen LogP contribution in [-0.4, -0.2) is 36.7 Å². The lowest BCUT2D eigenvalue weighted by molar-refractivity contribution is -0.119. The lowest BCUT2D eigenvalue weighted by atomic mass is 10.1. The molecule has 1 aromatic heterocycles. The topological polar surface area (TPSA) is 64.8 Å². The van der Waals surface area contributed by atoms with Gasteiger partial charge >= 0.3 is 0 Å². The van der Waals surface area contributed by atoms with Crippen molar-refractivity contribution in [3.8, 4) is 5.75 Å². The van der Waals surface area contributed by atoms with Crippen LogP contribution in [-0.2, 0) is 22.6 Å². The van der Waals surface area contributed by atoms with Crippen molar-refractivity contribution < 1.29 is 14.3 Å². The minimum absolute atomic E-state index is 0.104. The summed E-state index contributed by atoms with van der Waals surface area (Å²) in [5.74, 6) is 0.244. The summed E-state index contributed by atoms with van der Waals surface area (Å²) in [5, 5.41) is 4.28. The molecule has 1 aromatic carbocycles. The molecule has 2 heterocycles. The predicted octanol–water partition coefficient (Wildman–Crippen LogP) is 2.79. The van der Waals surface area contributed by atoms with Crippen molar-refractivity contribution in [3.05, 3.63) is 52.2 Å². The first-order chi connectivity index (χ1) is 12.2. The number of nitrogens with zero attached hydrogens (tertiary/aromatic N) is 1. The third-order valence-electron chi connectivity index (χ3n) is 4.21. The molecule has 5 nitrogen and oxygen atoms in total. The molecule has 1 amide bonds. The van der Waals surface area contributed by atoms with Crippen LogP contribution in [0.5, 0.6) is 5.75 Å². The molecule has 0 radical (unpaired) electrons. The fourth-order valence-corrected chi connectivity index (χ4v) is 3.73. The summed E-state index contributed by atoms with van der Waals surface area (Å²) in [4.78, 5) is 13.4. The number of carbonyl (C=O) groups excluding carboxylic acids is 1. The second kappa shape index (κ2) is 8.99. The van der Waals surface area contributed by atoms with Gasteiger partial charge in [-0.2, -0.15) is 11.3 Å². The fraction of sp³-hybridized carbons (Fsp3) is 0.421. The van der Waals surface area contributed by atoms with Crippen LogP contribution in [0.4, 0.5) is 0 Å². The van der Waals surface area contributed by atoms with E-state index in [9.17, 15) is 4.79 Å². The number of primary amides is 1. The molecule has 134 valence electrons. The first kappa shape index (κ1) is 17.9. The molecule has 0 spiro atoms. The molecule has 0 aliphatic carbocycles. The largest absolute Gasteiger partial charge is 0.483 e. The molecule has 1 fully saturated rings. The average Bonchev–Trinajstić information content (AvgIpc) is 3.28. The maximum Gasteiger partial charge on any atom is 0.255 e. The van der Waals surface area contributed by atoms with Crippen molar-refractivity contribution in [2.75, 3.05) is 19.8 Å². The minimum Gasteiger partial charge on any atom is -0.483 e. The highest BCUT2D eigenvalue weighted by atomic mass is 32.1. The standard InChI is InChI=1S/C19H24N2O3S/c20-19(22)13-24-18-6-2-1-4-16(18)11-21(10-15-7-9-25-14-15)12-17-5-3-8-23-17/h1-2,4,6-7,9,14,17H,3,5,8,10-13H2,(H2,20,22). The van der Waals surface area contributed by atoms with Gasteiger partial charge in [-0.15, -0.1) is 0 Å². The van der Waals surface area contributed by atoms with Gasteiger partial charge in [0.15, 0.2) is 6.61 Å². The average molecular weight is 360 g/mol. The van der Waals surface area contributed by atoms with Crippen LogP contribution in [0.3, 0.4) is 0 Å². The number of ether oxygens (including phenoxy) is 2. The lowest BCUT2D eigenvalue weighted by Crippen LogP contribution is -2.31. The normalized spacial score (nSPS) is 17.1. The van der Waals surface area contributed by atoms with E-state index in [1.165, 1.54) is 5.56 Å². The molecule has 0 bridgehead atoms. The van der Waals surface area contributed by atoms with Crippen molar-refractivity contribution in [2.24, 2.45) is 5.73 Å². The fourth-order valence-electron chi connectivity index (χ4n) is 3.07. The number of amides is 1. The van der Waals surface area contributed by atoms with E-state index in [0.29, 0.717) is 5.75 Å². The quantitative estimate of drug-likeness (QED) is 0.747.